The Labute approximate surface area is 97.5 Å². The largest absolute Gasteiger partial charge is 1.00 e. The molecule has 0 aromatic rings. The van der Waals surface area contributed by atoms with Gasteiger partial charge in [-0.25, -0.2) is 4.79 Å². The van der Waals surface area contributed by atoms with E-state index in [9.17, 15) is 9.90 Å². The molecule has 0 fully saturated rings. The molecule has 0 spiro atoms. The molecule has 0 rings (SSSR count). The van der Waals surface area contributed by atoms with Crippen LogP contribution in [0.1, 0.15) is 13.8 Å². The van der Waals surface area contributed by atoms with E-state index in [0.717, 1.165) is 0 Å². The molecule has 4 nitrogen and oxygen atoms in total. The smallest absolute Gasteiger partial charge is 0.333 e. The summed E-state index contributed by atoms with van der Waals surface area (Å²) in [6.07, 6.45) is -0.474. The average molecular weight is 238 g/mol. The van der Waals surface area contributed by atoms with Gasteiger partial charge in [-0.2, -0.15) is 0 Å². The summed E-state index contributed by atoms with van der Waals surface area (Å²) in [7, 11) is 3.75. The van der Waals surface area contributed by atoms with Crippen LogP contribution in [0.2, 0.25) is 0 Å². The zero-order valence-electron chi connectivity index (χ0n) is 9.79. The number of rotatable bonds is 5. The molecular weight excluding hydrogens is 218 g/mol. The standard InChI is InChI=1S/C10H20NO3.ClH/c1-8(2)10(13)14-7-6-11(4,5)9(3)12;/h9,12H,1,6-7H2,2-5H3;1H/q+1;/p-1. The van der Waals surface area contributed by atoms with E-state index >= 15 is 0 Å². The predicted molar refractivity (Wildman–Crippen MR) is 54.4 cm³/mol. The fourth-order valence-electron chi connectivity index (χ4n) is 0.684. The number of carbonyl (C=O) groups is 1. The van der Waals surface area contributed by atoms with Crippen molar-refractivity contribution in [2.45, 2.75) is 20.1 Å². The van der Waals surface area contributed by atoms with Crippen LogP contribution in [0.25, 0.3) is 0 Å². The molecule has 90 valence electrons. The van der Waals surface area contributed by atoms with Crippen LogP contribution in [-0.4, -0.2) is 49.0 Å². The fraction of sp³-hybridized carbons (Fsp3) is 0.700. The lowest BCUT2D eigenvalue weighted by Gasteiger charge is -2.32. The molecule has 5 heteroatoms. The maximum absolute atomic E-state index is 11.0. The zero-order chi connectivity index (χ0) is 11.4. The van der Waals surface area contributed by atoms with Gasteiger partial charge in [-0.05, 0) is 6.92 Å². The van der Waals surface area contributed by atoms with E-state index in [4.69, 9.17) is 4.74 Å². The molecule has 0 saturated carbocycles. The molecule has 0 heterocycles. The number of hydrogen-bond acceptors (Lipinski definition) is 3. The minimum atomic E-state index is -0.474. The third kappa shape index (κ3) is 6.49. The highest BCUT2D eigenvalue weighted by atomic mass is 35.5. The number of hydrogen-bond donors (Lipinski definition) is 1. The highest BCUT2D eigenvalue weighted by Gasteiger charge is 2.21. The Morgan fingerprint density at radius 3 is 2.33 bits per heavy atom. The number of quaternary nitrogens is 1. The maximum Gasteiger partial charge on any atom is 0.333 e. The van der Waals surface area contributed by atoms with Crippen LogP contribution in [0.15, 0.2) is 12.2 Å². The van der Waals surface area contributed by atoms with Gasteiger partial charge in [0.2, 0.25) is 0 Å². The van der Waals surface area contributed by atoms with E-state index in [1.54, 1.807) is 13.8 Å². The summed E-state index contributed by atoms with van der Waals surface area (Å²) in [5.41, 5.74) is 0.396. The van der Waals surface area contributed by atoms with Crippen LogP contribution in [0.3, 0.4) is 0 Å². The second-order valence-electron chi connectivity index (χ2n) is 4.05. The maximum atomic E-state index is 11.0. The second-order valence-corrected chi connectivity index (χ2v) is 4.05. The van der Waals surface area contributed by atoms with Gasteiger partial charge < -0.3 is 26.7 Å². The molecule has 0 saturated heterocycles. The number of carbonyl (C=O) groups excluding carboxylic acids is 1. The molecule has 0 amide bonds. The minimum Gasteiger partial charge on any atom is -1.00 e. The number of aliphatic hydroxyl groups excluding tert-OH is 1. The SMILES string of the molecule is C=C(C)C(=O)OCC[N+](C)(C)C(C)O.[Cl-]. The molecule has 1 N–H and O–H groups in total. The number of aliphatic hydroxyl groups is 1. The lowest BCUT2D eigenvalue weighted by atomic mass is 10.3. The van der Waals surface area contributed by atoms with Crippen molar-refractivity contribution in [2.24, 2.45) is 0 Å². The number of esters is 1. The quantitative estimate of drug-likeness (QED) is 0.249. The topological polar surface area (TPSA) is 46.5 Å². The highest BCUT2D eigenvalue weighted by molar-refractivity contribution is 5.86. The van der Waals surface area contributed by atoms with Crippen LogP contribution in [0.4, 0.5) is 0 Å². The first-order valence-corrected chi connectivity index (χ1v) is 4.60. The first-order valence-electron chi connectivity index (χ1n) is 4.60. The van der Waals surface area contributed by atoms with Crippen LogP contribution in [-0.2, 0) is 9.53 Å². The van der Waals surface area contributed by atoms with Crippen LogP contribution in [0, 0.1) is 0 Å². The normalized spacial score (nSPS) is 12.6. The predicted octanol–water partition coefficient (Wildman–Crippen LogP) is -2.48. The monoisotopic (exact) mass is 237 g/mol. The van der Waals surface area contributed by atoms with Crippen molar-refractivity contribution < 1.29 is 31.5 Å². The van der Waals surface area contributed by atoms with Crippen molar-refractivity contribution in [3.05, 3.63) is 12.2 Å². The Bertz CT molecular complexity index is 227. The van der Waals surface area contributed by atoms with Crippen molar-refractivity contribution in [3.63, 3.8) is 0 Å². The van der Waals surface area contributed by atoms with E-state index in [1.165, 1.54) is 0 Å². The second kappa shape index (κ2) is 6.82. The summed E-state index contributed by atoms with van der Waals surface area (Å²) in [4.78, 5) is 11.0. The van der Waals surface area contributed by atoms with Gasteiger partial charge in [0.1, 0.15) is 13.2 Å². The highest BCUT2D eigenvalue weighted by Crippen LogP contribution is 2.03. The van der Waals surface area contributed by atoms with E-state index < -0.39 is 6.23 Å². The van der Waals surface area contributed by atoms with E-state index in [0.29, 0.717) is 23.2 Å². The van der Waals surface area contributed by atoms with Crippen LogP contribution >= 0.6 is 0 Å². The summed E-state index contributed by atoms with van der Waals surface area (Å²) < 4.78 is 5.33. The molecule has 1 atom stereocenters. The van der Waals surface area contributed by atoms with Gasteiger partial charge in [0, 0.05) is 12.5 Å². The molecule has 0 radical (unpaired) electrons. The van der Waals surface area contributed by atoms with Crippen molar-refractivity contribution >= 4 is 5.97 Å². The van der Waals surface area contributed by atoms with E-state index in [2.05, 4.69) is 6.58 Å². The van der Waals surface area contributed by atoms with Crippen molar-refractivity contribution in [2.75, 3.05) is 27.2 Å². The number of nitrogens with zero attached hydrogens (tertiary/aromatic N) is 1. The number of ether oxygens (including phenoxy) is 1. The molecule has 0 aliphatic heterocycles. The number of likely N-dealkylation sites (N-methyl/N-ethyl adjacent to an activating group) is 1. The average Bonchev–Trinajstić information content (AvgIpc) is 2.03. The Morgan fingerprint density at radius 2 is 2.00 bits per heavy atom. The van der Waals surface area contributed by atoms with E-state index in [-0.39, 0.29) is 18.4 Å². The summed E-state index contributed by atoms with van der Waals surface area (Å²) in [5.74, 6) is -0.379. The van der Waals surface area contributed by atoms with Crippen molar-refractivity contribution in [1.29, 1.82) is 0 Å². The lowest BCUT2D eigenvalue weighted by molar-refractivity contribution is -0.934. The first kappa shape index (κ1) is 16.8. The molecule has 0 aromatic heterocycles. The van der Waals surface area contributed by atoms with E-state index in [1.807, 2.05) is 14.1 Å². The third-order valence-corrected chi connectivity index (χ3v) is 2.26. The molecular formula is C10H20ClNO3. The van der Waals surface area contributed by atoms with Gasteiger partial charge in [-0.1, -0.05) is 6.58 Å². The molecule has 0 aliphatic carbocycles. The molecule has 15 heavy (non-hydrogen) atoms. The Hall–Kier alpha value is -0.580. The van der Waals surface area contributed by atoms with Crippen molar-refractivity contribution in [3.8, 4) is 0 Å². The lowest BCUT2D eigenvalue weighted by Crippen LogP contribution is -3.00. The molecule has 0 bridgehead atoms. The fourth-order valence-corrected chi connectivity index (χ4v) is 0.684. The third-order valence-electron chi connectivity index (χ3n) is 2.26. The van der Waals surface area contributed by atoms with Gasteiger partial charge in [0.25, 0.3) is 0 Å². The summed E-state index contributed by atoms with van der Waals surface area (Å²) >= 11 is 0. The van der Waals surface area contributed by atoms with Crippen LogP contribution in [0.5, 0.6) is 0 Å². The Kier molecular flexibility index (Phi) is 7.66. The van der Waals surface area contributed by atoms with Gasteiger partial charge in [-0.3, -0.25) is 0 Å². The van der Waals surface area contributed by atoms with Gasteiger partial charge in [0.05, 0.1) is 14.1 Å². The van der Waals surface area contributed by atoms with Gasteiger partial charge in [0.15, 0.2) is 6.23 Å². The Balaban J connectivity index is 0. The van der Waals surface area contributed by atoms with Gasteiger partial charge in [-0.15, -0.1) is 0 Å². The molecule has 0 aliphatic rings. The molecule has 0 aromatic carbocycles. The number of halogens is 1. The van der Waals surface area contributed by atoms with Crippen LogP contribution < -0.4 is 12.4 Å². The van der Waals surface area contributed by atoms with Crippen molar-refractivity contribution in [1.82, 2.24) is 0 Å². The summed E-state index contributed by atoms with van der Waals surface area (Å²) in [6, 6.07) is 0. The Morgan fingerprint density at radius 1 is 1.53 bits per heavy atom. The zero-order valence-corrected chi connectivity index (χ0v) is 10.5. The molecule has 1 unspecified atom stereocenters. The minimum absolute atomic E-state index is 0. The van der Waals surface area contributed by atoms with Gasteiger partial charge >= 0.3 is 5.97 Å². The summed E-state index contributed by atoms with van der Waals surface area (Å²) in [6.45, 7) is 7.67. The first-order chi connectivity index (χ1) is 6.27. The summed E-state index contributed by atoms with van der Waals surface area (Å²) in [5, 5.41) is 9.37.